The molecule has 3 aromatic heterocycles. The molecular weight excluding hydrogens is 637 g/mol. The Morgan fingerprint density at radius 2 is 0.865 bits per heavy atom. The fourth-order valence-electron chi connectivity index (χ4n) is 7.49. The van der Waals surface area contributed by atoms with Crippen molar-refractivity contribution in [3.8, 4) is 51.6 Å². The fourth-order valence-corrected chi connectivity index (χ4v) is 7.49. The molecule has 6 heteroatoms. The largest absolute Gasteiger partial charge is 0.307 e. The normalized spacial score (nSPS) is 11.4. The molecule has 0 spiro atoms. The molecule has 6 nitrogen and oxygen atoms in total. The molecule has 0 aliphatic rings. The van der Waals surface area contributed by atoms with E-state index in [4.69, 9.17) is 15.0 Å². The molecule has 7 aromatic carbocycles. The van der Waals surface area contributed by atoms with E-state index in [1.807, 2.05) is 84.9 Å². The maximum Gasteiger partial charge on any atom is 0.164 e. The van der Waals surface area contributed by atoms with Crippen LogP contribution in [0.1, 0.15) is 5.56 Å². The Kier molecular flexibility index (Phi) is 6.76. The highest BCUT2D eigenvalue weighted by Crippen LogP contribution is 2.42. The van der Waals surface area contributed by atoms with Gasteiger partial charge in [-0.2, -0.15) is 5.26 Å². The first-order valence-corrected chi connectivity index (χ1v) is 17.2. The van der Waals surface area contributed by atoms with Gasteiger partial charge < -0.3 is 9.13 Å². The van der Waals surface area contributed by atoms with Crippen molar-refractivity contribution in [2.45, 2.75) is 0 Å². The van der Waals surface area contributed by atoms with Crippen LogP contribution >= 0.6 is 0 Å². The molecule has 0 amide bonds. The van der Waals surface area contributed by atoms with E-state index in [1.54, 1.807) is 0 Å². The Morgan fingerprint density at radius 3 is 1.42 bits per heavy atom. The predicted octanol–water partition coefficient (Wildman–Crippen LogP) is 10.9. The predicted molar refractivity (Wildman–Crippen MR) is 210 cm³/mol. The number of hydrogen-bond donors (Lipinski definition) is 0. The van der Waals surface area contributed by atoms with Gasteiger partial charge in [-0.25, -0.2) is 15.0 Å². The van der Waals surface area contributed by atoms with Crippen LogP contribution in [0.25, 0.3) is 89.2 Å². The molecule has 10 rings (SSSR count). The van der Waals surface area contributed by atoms with Gasteiger partial charge in [-0.1, -0.05) is 127 Å². The van der Waals surface area contributed by atoms with Gasteiger partial charge in [-0.3, -0.25) is 0 Å². The molecule has 0 bridgehead atoms. The Labute approximate surface area is 299 Å². The third-order valence-electron chi connectivity index (χ3n) is 9.80. The average Bonchev–Trinajstić information content (AvgIpc) is 3.74. The zero-order valence-corrected chi connectivity index (χ0v) is 27.8. The van der Waals surface area contributed by atoms with E-state index in [-0.39, 0.29) is 0 Å². The summed E-state index contributed by atoms with van der Waals surface area (Å²) in [5, 5.41) is 15.4. The van der Waals surface area contributed by atoms with Crippen LogP contribution in [0.4, 0.5) is 0 Å². The van der Waals surface area contributed by atoms with Gasteiger partial charge in [-0.05, 0) is 42.5 Å². The summed E-state index contributed by atoms with van der Waals surface area (Å²) in [7, 11) is 0. The fraction of sp³-hybridized carbons (Fsp3) is 0. The summed E-state index contributed by atoms with van der Waals surface area (Å²) in [6.07, 6.45) is 0. The minimum atomic E-state index is 0.504. The Morgan fingerprint density at radius 1 is 0.404 bits per heavy atom. The van der Waals surface area contributed by atoms with E-state index in [9.17, 15) is 5.26 Å². The maximum atomic E-state index is 10.8. The number of para-hydroxylation sites is 3. The summed E-state index contributed by atoms with van der Waals surface area (Å²) >= 11 is 0. The Balaban J connectivity index is 1.25. The van der Waals surface area contributed by atoms with Crippen LogP contribution in [0, 0.1) is 11.3 Å². The van der Waals surface area contributed by atoms with E-state index >= 15 is 0 Å². The molecule has 10 aromatic rings. The molecule has 0 atom stereocenters. The molecule has 0 N–H and O–H groups in total. The lowest BCUT2D eigenvalue weighted by atomic mass is 10.1. The van der Waals surface area contributed by atoms with Gasteiger partial charge in [0, 0.05) is 43.9 Å². The summed E-state index contributed by atoms with van der Waals surface area (Å²) in [5.74, 6) is 1.65. The number of aromatic nitrogens is 5. The summed E-state index contributed by atoms with van der Waals surface area (Å²) < 4.78 is 4.61. The van der Waals surface area contributed by atoms with Gasteiger partial charge in [0.2, 0.25) is 0 Å². The lowest BCUT2D eigenvalue weighted by molar-refractivity contribution is 1.07. The maximum absolute atomic E-state index is 10.8. The van der Waals surface area contributed by atoms with E-state index in [1.165, 1.54) is 5.39 Å². The van der Waals surface area contributed by atoms with Gasteiger partial charge >= 0.3 is 0 Å². The lowest BCUT2D eigenvalue weighted by Gasteiger charge is -2.14. The SMILES string of the molecule is N#Cc1cc(-c2nc(-c3ccccc3)nc(-c3ccccc3)n2)ccc1-n1c2ccccc2c2ccc3c4ccccc4n(-c4ccccc4)c3c21. The molecule has 0 unspecified atom stereocenters. The monoisotopic (exact) mass is 664 g/mol. The van der Waals surface area contributed by atoms with E-state index < -0.39 is 0 Å². The van der Waals surface area contributed by atoms with Gasteiger partial charge in [0.05, 0.1) is 33.3 Å². The van der Waals surface area contributed by atoms with Crippen molar-refractivity contribution in [2.24, 2.45) is 0 Å². The van der Waals surface area contributed by atoms with Crippen molar-refractivity contribution in [3.05, 3.63) is 175 Å². The molecule has 0 radical (unpaired) electrons. The summed E-state index contributed by atoms with van der Waals surface area (Å²) in [5.41, 5.74) is 9.19. The number of fused-ring (bicyclic) bond motifs is 7. The number of hydrogen-bond acceptors (Lipinski definition) is 4. The molecule has 0 aliphatic carbocycles. The van der Waals surface area contributed by atoms with Crippen molar-refractivity contribution in [1.82, 2.24) is 24.1 Å². The standard InChI is InChI=1S/C46H28N6/c47-29-33-28-32(46-49-44(30-14-4-1-5-15-30)48-45(50-46)31-16-6-2-7-17-31)24-27-39(33)52-41-23-13-11-21-36(41)38-26-25-37-35-20-10-12-22-40(35)51(42(37)43(38)52)34-18-8-3-9-19-34/h1-28H. The third kappa shape index (κ3) is 4.61. The number of rotatable bonds is 5. The lowest BCUT2D eigenvalue weighted by Crippen LogP contribution is -2.03. The Bertz CT molecular complexity index is 2950. The molecule has 52 heavy (non-hydrogen) atoms. The minimum Gasteiger partial charge on any atom is -0.307 e. The van der Waals surface area contributed by atoms with Crippen LogP contribution in [0.15, 0.2) is 170 Å². The van der Waals surface area contributed by atoms with Gasteiger partial charge in [-0.15, -0.1) is 0 Å². The van der Waals surface area contributed by atoms with Crippen LogP contribution in [0.2, 0.25) is 0 Å². The summed E-state index contributed by atoms with van der Waals surface area (Å²) in [6, 6.07) is 60.3. The molecule has 0 aliphatic heterocycles. The third-order valence-corrected chi connectivity index (χ3v) is 9.80. The second kappa shape index (κ2) is 11.9. The smallest absolute Gasteiger partial charge is 0.164 e. The number of nitriles is 1. The summed E-state index contributed by atoms with van der Waals surface area (Å²) in [4.78, 5) is 14.7. The first-order valence-electron chi connectivity index (χ1n) is 17.2. The van der Waals surface area contributed by atoms with E-state index in [2.05, 4.69) is 100 Å². The van der Waals surface area contributed by atoms with Crippen LogP contribution in [-0.4, -0.2) is 24.1 Å². The van der Waals surface area contributed by atoms with Crippen molar-refractivity contribution in [2.75, 3.05) is 0 Å². The average molecular weight is 665 g/mol. The quantitative estimate of drug-likeness (QED) is 0.184. The molecule has 3 heterocycles. The molecule has 0 saturated carbocycles. The highest BCUT2D eigenvalue weighted by Gasteiger charge is 2.23. The first kappa shape index (κ1) is 29.5. The van der Waals surface area contributed by atoms with Gasteiger partial charge in [0.25, 0.3) is 0 Å². The van der Waals surface area contributed by atoms with Gasteiger partial charge in [0.15, 0.2) is 17.5 Å². The second-order valence-corrected chi connectivity index (χ2v) is 12.8. The van der Waals surface area contributed by atoms with Crippen LogP contribution in [-0.2, 0) is 0 Å². The number of benzene rings is 7. The van der Waals surface area contributed by atoms with Crippen molar-refractivity contribution in [1.29, 1.82) is 5.26 Å². The zero-order valence-electron chi connectivity index (χ0n) is 27.8. The van der Waals surface area contributed by atoms with E-state index in [0.29, 0.717) is 23.0 Å². The van der Waals surface area contributed by atoms with Crippen LogP contribution < -0.4 is 0 Å². The topological polar surface area (TPSA) is 72.3 Å². The second-order valence-electron chi connectivity index (χ2n) is 12.8. The minimum absolute atomic E-state index is 0.504. The Hall–Kier alpha value is -7.36. The highest BCUT2D eigenvalue weighted by atomic mass is 15.1. The first-order chi connectivity index (χ1) is 25.8. The summed E-state index contributed by atoms with van der Waals surface area (Å²) in [6.45, 7) is 0. The molecular formula is C46H28N6. The molecule has 0 fully saturated rings. The number of nitrogens with zero attached hydrogens (tertiary/aromatic N) is 6. The molecule has 0 saturated heterocycles. The van der Waals surface area contributed by atoms with Crippen molar-refractivity contribution in [3.63, 3.8) is 0 Å². The highest BCUT2D eigenvalue weighted by molar-refractivity contribution is 6.23. The van der Waals surface area contributed by atoms with E-state index in [0.717, 1.165) is 66.3 Å². The van der Waals surface area contributed by atoms with Crippen LogP contribution in [0.3, 0.4) is 0 Å². The van der Waals surface area contributed by atoms with Gasteiger partial charge in [0.1, 0.15) is 6.07 Å². The molecule has 242 valence electrons. The van der Waals surface area contributed by atoms with Crippen molar-refractivity contribution >= 4 is 43.6 Å². The van der Waals surface area contributed by atoms with Crippen LogP contribution in [0.5, 0.6) is 0 Å². The van der Waals surface area contributed by atoms with Crippen molar-refractivity contribution < 1.29 is 0 Å². The zero-order chi connectivity index (χ0) is 34.6.